The molecule has 0 radical (unpaired) electrons. The fourth-order valence-corrected chi connectivity index (χ4v) is 1.84. The van der Waals surface area contributed by atoms with Crippen molar-refractivity contribution in [2.45, 2.75) is 45.6 Å². The zero-order valence-corrected chi connectivity index (χ0v) is 11.3. The number of hydrogen-bond acceptors (Lipinski definition) is 1. The van der Waals surface area contributed by atoms with Gasteiger partial charge in [0, 0.05) is 10.6 Å². The summed E-state index contributed by atoms with van der Waals surface area (Å²) in [5, 5.41) is 4.38. The standard InChI is InChI=1S/C14H22ClN/c1-14(2,3)16-11-7-6-9-12-8-4-5-10-13(12)15/h4-5,8,10,16H,6-7,9,11H2,1-3H3. The van der Waals surface area contributed by atoms with Crippen LogP contribution in [0.5, 0.6) is 0 Å². The normalized spacial score (nSPS) is 11.8. The van der Waals surface area contributed by atoms with E-state index in [4.69, 9.17) is 11.6 Å². The highest BCUT2D eigenvalue weighted by Gasteiger charge is 2.07. The third-order valence-electron chi connectivity index (χ3n) is 2.49. The first-order chi connectivity index (χ1) is 7.49. The topological polar surface area (TPSA) is 12.0 Å². The van der Waals surface area contributed by atoms with E-state index in [0.717, 1.165) is 18.0 Å². The van der Waals surface area contributed by atoms with E-state index in [0.29, 0.717) is 0 Å². The molecule has 0 aliphatic heterocycles. The second kappa shape index (κ2) is 6.27. The number of nitrogens with one attached hydrogen (secondary N) is 1. The maximum atomic E-state index is 6.09. The second-order valence-electron chi connectivity index (χ2n) is 5.23. The third kappa shape index (κ3) is 5.53. The number of aryl methyl sites for hydroxylation is 1. The van der Waals surface area contributed by atoms with Crippen molar-refractivity contribution >= 4 is 11.6 Å². The zero-order chi connectivity index (χ0) is 12.0. The van der Waals surface area contributed by atoms with E-state index in [2.05, 4.69) is 38.2 Å². The van der Waals surface area contributed by atoms with Crippen LogP contribution in [-0.2, 0) is 6.42 Å². The van der Waals surface area contributed by atoms with Gasteiger partial charge in [0.1, 0.15) is 0 Å². The molecule has 1 rings (SSSR count). The van der Waals surface area contributed by atoms with Crippen molar-refractivity contribution in [2.24, 2.45) is 0 Å². The van der Waals surface area contributed by atoms with Gasteiger partial charge in [-0.25, -0.2) is 0 Å². The summed E-state index contributed by atoms with van der Waals surface area (Å²) in [4.78, 5) is 0. The van der Waals surface area contributed by atoms with Crippen molar-refractivity contribution < 1.29 is 0 Å². The van der Waals surface area contributed by atoms with Crippen molar-refractivity contribution in [1.29, 1.82) is 0 Å². The Morgan fingerprint density at radius 3 is 2.44 bits per heavy atom. The molecule has 0 aliphatic rings. The van der Waals surface area contributed by atoms with Gasteiger partial charge in [0.2, 0.25) is 0 Å². The monoisotopic (exact) mass is 239 g/mol. The molecule has 0 atom stereocenters. The number of benzene rings is 1. The Labute approximate surface area is 104 Å². The van der Waals surface area contributed by atoms with Crippen molar-refractivity contribution in [3.63, 3.8) is 0 Å². The number of unbranched alkanes of at least 4 members (excludes halogenated alkanes) is 1. The van der Waals surface area contributed by atoms with Crippen LogP contribution in [0.25, 0.3) is 0 Å². The molecule has 2 heteroatoms. The molecule has 1 nitrogen and oxygen atoms in total. The van der Waals surface area contributed by atoms with Crippen LogP contribution in [-0.4, -0.2) is 12.1 Å². The minimum Gasteiger partial charge on any atom is -0.312 e. The fraction of sp³-hybridized carbons (Fsp3) is 0.571. The predicted octanol–water partition coefficient (Wildman–Crippen LogP) is 4.05. The second-order valence-corrected chi connectivity index (χ2v) is 5.63. The molecule has 0 unspecified atom stereocenters. The van der Waals surface area contributed by atoms with Crippen molar-refractivity contribution in [3.8, 4) is 0 Å². The summed E-state index contributed by atoms with van der Waals surface area (Å²) in [5.74, 6) is 0. The summed E-state index contributed by atoms with van der Waals surface area (Å²) in [5.41, 5.74) is 1.49. The lowest BCUT2D eigenvalue weighted by molar-refractivity contribution is 0.419. The molecule has 0 aliphatic carbocycles. The minimum atomic E-state index is 0.227. The Morgan fingerprint density at radius 2 is 1.81 bits per heavy atom. The van der Waals surface area contributed by atoms with E-state index in [1.807, 2.05) is 12.1 Å². The summed E-state index contributed by atoms with van der Waals surface area (Å²) in [6.45, 7) is 7.66. The molecule has 90 valence electrons. The SMILES string of the molecule is CC(C)(C)NCCCCc1ccccc1Cl. The smallest absolute Gasteiger partial charge is 0.0437 e. The van der Waals surface area contributed by atoms with E-state index in [1.54, 1.807) is 0 Å². The maximum absolute atomic E-state index is 6.09. The van der Waals surface area contributed by atoms with Gasteiger partial charge in [0.05, 0.1) is 0 Å². The summed E-state index contributed by atoms with van der Waals surface area (Å²) in [7, 11) is 0. The molecule has 0 aromatic heterocycles. The van der Waals surface area contributed by atoms with Crippen molar-refractivity contribution in [3.05, 3.63) is 34.9 Å². The summed E-state index contributed by atoms with van der Waals surface area (Å²) < 4.78 is 0. The molecule has 1 N–H and O–H groups in total. The van der Waals surface area contributed by atoms with Crippen LogP contribution in [0.3, 0.4) is 0 Å². The van der Waals surface area contributed by atoms with E-state index in [9.17, 15) is 0 Å². The van der Waals surface area contributed by atoms with Gasteiger partial charge in [-0.3, -0.25) is 0 Å². The molecule has 0 bridgehead atoms. The number of hydrogen-bond donors (Lipinski definition) is 1. The highest BCUT2D eigenvalue weighted by atomic mass is 35.5. The predicted molar refractivity (Wildman–Crippen MR) is 72.1 cm³/mol. The lowest BCUT2D eigenvalue weighted by atomic mass is 10.1. The van der Waals surface area contributed by atoms with Gasteiger partial charge < -0.3 is 5.32 Å². The molecule has 0 amide bonds. The van der Waals surface area contributed by atoms with E-state index in [-0.39, 0.29) is 5.54 Å². The minimum absolute atomic E-state index is 0.227. The molecule has 0 heterocycles. The van der Waals surface area contributed by atoms with Gasteiger partial charge >= 0.3 is 0 Å². The van der Waals surface area contributed by atoms with Crippen LogP contribution in [0.1, 0.15) is 39.2 Å². The van der Waals surface area contributed by atoms with Gasteiger partial charge in [-0.1, -0.05) is 29.8 Å². The first-order valence-corrected chi connectivity index (χ1v) is 6.35. The largest absolute Gasteiger partial charge is 0.312 e. The molecule has 0 fully saturated rings. The number of rotatable bonds is 5. The Morgan fingerprint density at radius 1 is 1.12 bits per heavy atom. The molecular formula is C14H22ClN. The molecule has 0 saturated carbocycles. The Balaban J connectivity index is 2.19. The first-order valence-electron chi connectivity index (χ1n) is 5.97. The quantitative estimate of drug-likeness (QED) is 0.765. The van der Waals surface area contributed by atoms with Crippen molar-refractivity contribution in [2.75, 3.05) is 6.54 Å². The van der Waals surface area contributed by atoms with Crippen molar-refractivity contribution in [1.82, 2.24) is 5.32 Å². The van der Waals surface area contributed by atoms with E-state index < -0.39 is 0 Å². The molecule has 0 saturated heterocycles. The molecule has 1 aromatic carbocycles. The Hall–Kier alpha value is -0.530. The molecule has 0 spiro atoms. The summed E-state index contributed by atoms with van der Waals surface area (Å²) in [6, 6.07) is 8.10. The molecule has 1 aromatic rings. The average Bonchev–Trinajstić information content (AvgIpc) is 2.18. The maximum Gasteiger partial charge on any atom is 0.0437 e. The third-order valence-corrected chi connectivity index (χ3v) is 2.85. The van der Waals surface area contributed by atoms with E-state index in [1.165, 1.54) is 18.4 Å². The van der Waals surface area contributed by atoms with Gasteiger partial charge in [0.25, 0.3) is 0 Å². The van der Waals surface area contributed by atoms with Crippen LogP contribution in [0, 0.1) is 0 Å². The van der Waals surface area contributed by atoms with E-state index >= 15 is 0 Å². The first kappa shape index (κ1) is 13.5. The van der Waals surface area contributed by atoms with Crippen LogP contribution in [0.4, 0.5) is 0 Å². The number of halogens is 1. The van der Waals surface area contributed by atoms with Crippen LogP contribution >= 0.6 is 11.6 Å². The molecule has 16 heavy (non-hydrogen) atoms. The average molecular weight is 240 g/mol. The van der Waals surface area contributed by atoms with Crippen LogP contribution < -0.4 is 5.32 Å². The fourth-order valence-electron chi connectivity index (χ4n) is 1.60. The summed E-state index contributed by atoms with van der Waals surface area (Å²) in [6.07, 6.45) is 3.46. The van der Waals surface area contributed by atoms with Gasteiger partial charge in [0.15, 0.2) is 0 Å². The lowest BCUT2D eigenvalue weighted by Gasteiger charge is -2.20. The molecular weight excluding hydrogens is 218 g/mol. The Bertz CT molecular complexity index is 315. The highest BCUT2D eigenvalue weighted by molar-refractivity contribution is 6.31. The van der Waals surface area contributed by atoms with Gasteiger partial charge in [-0.2, -0.15) is 0 Å². The Kier molecular flexibility index (Phi) is 5.30. The van der Waals surface area contributed by atoms with Gasteiger partial charge in [-0.15, -0.1) is 0 Å². The van der Waals surface area contributed by atoms with Crippen LogP contribution in [0.15, 0.2) is 24.3 Å². The zero-order valence-electron chi connectivity index (χ0n) is 10.5. The lowest BCUT2D eigenvalue weighted by Crippen LogP contribution is -2.36. The van der Waals surface area contributed by atoms with Gasteiger partial charge in [-0.05, 0) is 58.2 Å². The summed E-state index contributed by atoms with van der Waals surface area (Å²) >= 11 is 6.09. The highest BCUT2D eigenvalue weighted by Crippen LogP contribution is 2.16. The van der Waals surface area contributed by atoms with Crippen LogP contribution in [0.2, 0.25) is 5.02 Å².